The molecule has 2 saturated heterocycles. The van der Waals surface area contributed by atoms with Crippen LogP contribution < -0.4 is 10.6 Å². The minimum absolute atomic E-state index is 0.0993. The van der Waals surface area contributed by atoms with Gasteiger partial charge in [0.2, 0.25) is 11.8 Å². The fourth-order valence-corrected chi connectivity index (χ4v) is 3.40. The zero-order valence-corrected chi connectivity index (χ0v) is 14.9. The zero-order chi connectivity index (χ0) is 17.3. The predicted molar refractivity (Wildman–Crippen MR) is 91.4 cm³/mol. The van der Waals surface area contributed by atoms with Gasteiger partial charge in [0.25, 0.3) is 0 Å². The van der Waals surface area contributed by atoms with Gasteiger partial charge in [0.1, 0.15) is 6.04 Å². The van der Waals surface area contributed by atoms with Gasteiger partial charge in [-0.1, -0.05) is 45.4 Å². The van der Waals surface area contributed by atoms with Gasteiger partial charge in [0, 0.05) is 13.0 Å². The fraction of sp³-hybridized carbons (Fsp3) is 0.889. The Bertz CT molecular complexity index is 408. The van der Waals surface area contributed by atoms with Crippen molar-refractivity contribution in [3.8, 4) is 0 Å². The molecule has 138 valence electrons. The molecular formula is C18H32N2O4. The highest BCUT2D eigenvalue weighted by Crippen LogP contribution is 2.30. The van der Waals surface area contributed by atoms with Crippen molar-refractivity contribution in [1.82, 2.24) is 10.6 Å². The van der Waals surface area contributed by atoms with E-state index in [1.165, 1.54) is 32.1 Å². The lowest BCUT2D eigenvalue weighted by Gasteiger charge is -2.27. The Morgan fingerprint density at radius 3 is 2.46 bits per heavy atom. The van der Waals surface area contributed by atoms with Crippen molar-refractivity contribution in [2.75, 3.05) is 19.8 Å². The van der Waals surface area contributed by atoms with Gasteiger partial charge in [-0.25, -0.2) is 0 Å². The molecule has 2 rings (SSSR count). The summed E-state index contributed by atoms with van der Waals surface area (Å²) in [5, 5.41) is 5.52. The van der Waals surface area contributed by atoms with Crippen molar-refractivity contribution < 1.29 is 19.1 Å². The summed E-state index contributed by atoms with van der Waals surface area (Å²) in [6, 6.07) is -0.408. The quantitative estimate of drug-likeness (QED) is 0.566. The molecule has 2 aliphatic heterocycles. The molecular weight excluding hydrogens is 308 g/mol. The second-order valence-corrected chi connectivity index (χ2v) is 6.86. The van der Waals surface area contributed by atoms with E-state index in [1.807, 2.05) is 0 Å². The maximum atomic E-state index is 12.3. The molecule has 6 nitrogen and oxygen atoms in total. The molecule has 24 heavy (non-hydrogen) atoms. The lowest BCUT2D eigenvalue weighted by atomic mass is 10.0. The van der Waals surface area contributed by atoms with Gasteiger partial charge >= 0.3 is 0 Å². The first-order chi connectivity index (χ1) is 11.7. The van der Waals surface area contributed by atoms with Gasteiger partial charge in [-0.2, -0.15) is 0 Å². The standard InChI is InChI=1S/C18H32N2O4/c1-2-3-4-5-6-7-8-10-18(23-12-13-24-18)14-16(21)20-15-9-11-19-17(15)22/h15H,2-14H2,1H3,(H,19,22)(H,20,21). The summed E-state index contributed by atoms with van der Waals surface area (Å²) in [5.74, 6) is -1.05. The van der Waals surface area contributed by atoms with Gasteiger partial charge < -0.3 is 20.1 Å². The smallest absolute Gasteiger partial charge is 0.242 e. The Hall–Kier alpha value is -1.14. The molecule has 0 aliphatic carbocycles. The molecule has 2 N–H and O–H groups in total. The highest BCUT2D eigenvalue weighted by Gasteiger charge is 2.39. The first-order valence-electron chi connectivity index (χ1n) is 9.50. The van der Waals surface area contributed by atoms with Crippen LogP contribution in [0.5, 0.6) is 0 Å². The van der Waals surface area contributed by atoms with Crippen LogP contribution in [-0.4, -0.2) is 43.4 Å². The summed E-state index contributed by atoms with van der Waals surface area (Å²) < 4.78 is 11.5. The number of hydrogen-bond acceptors (Lipinski definition) is 4. The normalized spacial score (nSPS) is 22.5. The van der Waals surface area contributed by atoms with Crippen LogP contribution in [0.15, 0.2) is 0 Å². The highest BCUT2D eigenvalue weighted by molar-refractivity contribution is 5.89. The Balaban J connectivity index is 1.69. The Labute approximate surface area is 145 Å². The monoisotopic (exact) mass is 340 g/mol. The second-order valence-electron chi connectivity index (χ2n) is 6.86. The molecule has 0 saturated carbocycles. The van der Waals surface area contributed by atoms with Crippen LogP contribution in [0.4, 0.5) is 0 Å². The van der Waals surface area contributed by atoms with Crippen molar-refractivity contribution in [3.63, 3.8) is 0 Å². The van der Waals surface area contributed by atoms with Crippen LogP contribution >= 0.6 is 0 Å². The molecule has 2 amide bonds. The van der Waals surface area contributed by atoms with Gasteiger partial charge in [-0.15, -0.1) is 0 Å². The van der Waals surface area contributed by atoms with Crippen LogP contribution in [0.1, 0.15) is 71.1 Å². The average Bonchev–Trinajstić information content (AvgIpc) is 3.17. The summed E-state index contributed by atoms with van der Waals surface area (Å²) in [7, 11) is 0. The number of carbonyl (C=O) groups excluding carboxylic acids is 2. The van der Waals surface area contributed by atoms with E-state index in [2.05, 4.69) is 17.6 Å². The Kier molecular flexibility index (Phi) is 7.99. The van der Waals surface area contributed by atoms with E-state index in [0.717, 1.165) is 19.3 Å². The Morgan fingerprint density at radius 1 is 1.17 bits per heavy atom. The summed E-state index contributed by atoms with van der Waals surface area (Å²) in [6.07, 6.45) is 10.1. The van der Waals surface area contributed by atoms with E-state index in [4.69, 9.17) is 9.47 Å². The first-order valence-corrected chi connectivity index (χ1v) is 9.50. The van der Waals surface area contributed by atoms with E-state index in [0.29, 0.717) is 26.2 Å². The Morgan fingerprint density at radius 2 is 1.83 bits per heavy atom. The van der Waals surface area contributed by atoms with Gasteiger partial charge in [0.05, 0.1) is 19.6 Å². The largest absolute Gasteiger partial charge is 0.354 e. The molecule has 1 unspecified atom stereocenters. The molecule has 0 spiro atoms. The van der Waals surface area contributed by atoms with Crippen molar-refractivity contribution >= 4 is 11.8 Å². The van der Waals surface area contributed by atoms with Crippen LogP contribution in [-0.2, 0) is 19.1 Å². The SMILES string of the molecule is CCCCCCCCCC1(CC(=O)NC2CCNC2=O)OCCO1. The number of unbranched alkanes of at least 4 members (excludes halogenated alkanes) is 6. The maximum Gasteiger partial charge on any atom is 0.242 e. The molecule has 1 atom stereocenters. The molecule has 0 radical (unpaired) electrons. The number of ether oxygens (including phenoxy) is 2. The second kappa shape index (κ2) is 9.99. The van der Waals surface area contributed by atoms with E-state index >= 15 is 0 Å². The fourth-order valence-electron chi connectivity index (χ4n) is 3.40. The molecule has 2 fully saturated rings. The van der Waals surface area contributed by atoms with Crippen LogP contribution in [0.25, 0.3) is 0 Å². The number of hydrogen-bond donors (Lipinski definition) is 2. The average molecular weight is 340 g/mol. The molecule has 0 bridgehead atoms. The summed E-state index contributed by atoms with van der Waals surface area (Å²) in [4.78, 5) is 23.8. The third-order valence-electron chi connectivity index (χ3n) is 4.79. The van der Waals surface area contributed by atoms with E-state index in [1.54, 1.807) is 0 Å². The van der Waals surface area contributed by atoms with Crippen molar-refractivity contribution in [2.45, 2.75) is 83.0 Å². The van der Waals surface area contributed by atoms with E-state index in [-0.39, 0.29) is 18.2 Å². The van der Waals surface area contributed by atoms with Crippen LogP contribution in [0.2, 0.25) is 0 Å². The van der Waals surface area contributed by atoms with Gasteiger partial charge in [-0.3, -0.25) is 9.59 Å². The minimum Gasteiger partial charge on any atom is -0.354 e. The third-order valence-corrected chi connectivity index (χ3v) is 4.79. The molecule has 0 aromatic carbocycles. The minimum atomic E-state index is -0.789. The summed E-state index contributed by atoms with van der Waals surface area (Å²) >= 11 is 0. The van der Waals surface area contributed by atoms with Gasteiger partial charge in [0.15, 0.2) is 5.79 Å². The zero-order valence-electron chi connectivity index (χ0n) is 14.9. The van der Waals surface area contributed by atoms with E-state index < -0.39 is 11.8 Å². The number of amides is 2. The van der Waals surface area contributed by atoms with Crippen LogP contribution in [0.3, 0.4) is 0 Å². The van der Waals surface area contributed by atoms with Crippen molar-refractivity contribution in [2.24, 2.45) is 0 Å². The topological polar surface area (TPSA) is 76.7 Å². The summed E-state index contributed by atoms with van der Waals surface area (Å²) in [6.45, 7) is 3.92. The molecule has 2 aliphatic rings. The number of nitrogens with one attached hydrogen (secondary N) is 2. The van der Waals surface area contributed by atoms with Crippen molar-refractivity contribution in [1.29, 1.82) is 0 Å². The van der Waals surface area contributed by atoms with Crippen LogP contribution in [0, 0.1) is 0 Å². The van der Waals surface area contributed by atoms with Gasteiger partial charge in [-0.05, 0) is 12.8 Å². The highest BCUT2D eigenvalue weighted by atomic mass is 16.7. The first kappa shape index (κ1) is 19.2. The lowest BCUT2D eigenvalue weighted by molar-refractivity contribution is -0.174. The molecule has 0 aromatic heterocycles. The molecule has 2 heterocycles. The van der Waals surface area contributed by atoms with Crippen molar-refractivity contribution in [3.05, 3.63) is 0 Å². The molecule has 6 heteroatoms. The number of rotatable bonds is 11. The summed E-state index contributed by atoms with van der Waals surface area (Å²) in [5.41, 5.74) is 0. The van der Waals surface area contributed by atoms with E-state index in [9.17, 15) is 9.59 Å². The maximum absolute atomic E-state index is 12.3. The third kappa shape index (κ3) is 6.06. The molecule has 0 aromatic rings. The predicted octanol–water partition coefficient (Wildman–Crippen LogP) is 2.26. The number of carbonyl (C=O) groups is 2. The lowest BCUT2D eigenvalue weighted by Crippen LogP contribution is -2.44.